The van der Waals surface area contributed by atoms with Gasteiger partial charge >= 0.3 is 0 Å². The number of nitrogens with two attached hydrogens (primary N) is 1. The van der Waals surface area contributed by atoms with Crippen LogP contribution in [-0.2, 0) is 5.54 Å². The van der Waals surface area contributed by atoms with Crippen LogP contribution in [-0.4, -0.2) is 9.97 Å². The van der Waals surface area contributed by atoms with Gasteiger partial charge in [-0.25, -0.2) is 13.8 Å². The smallest absolute Gasteiger partial charge is 0.135 e. The minimum Gasteiger partial charge on any atom is -0.340 e. The summed E-state index contributed by atoms with van der Waals surface area (Å²) in [5.74, 6) is -0.599. The van der Waals surface area contributed by atoms with Gasteiger partial charge in [-0.2, -0.15) is 0 Å². The third-order valence-corrected chi connectivity index (χ3v) is 3.53. The van der Waals surface area contributed by atoms with Crippen molar-refractivity contribution in [1.82, 2.24) is 9.97 Å². The van der Waals surface area contributed by atoms with Crippen LogP contribution in [0.2, 0.25) is 0 Å². The Bertz CT molecular complexity index is 574. The van der Waals surface area contributed by atoms with E-state index in [1.54, 1.807) is 0 Å². The second-order valence-corrected chi connectivity index (χ2v) is 4.63. The Hall–Kier alpha value is -1.75. The molecule has 0 amide bonds. The third-order valence-electron chi connectivity index (χ3n) is 3.53. The molecule has 0 fully saturated rings. The van der Waals surface area contributed by atoms with Gasteiger partial charge in [-0.1, -0.05) is 13.8 Å². The highest BCUT2D eigenvalue weighted by atomic mass is 19.1. The molecule has 3 nitrogen and oxygen atoms in total. The molecular weight excluding hydrogens is 248 g/mol. The van der Waals surface area contributed by atoms with E-state index in [0.29, 0.717) is 11.5 Å². The number of benzene rings is 1. The second kappa shape index (κ2) is 5.09. The lowest BCUT2D eigenvalue weighted by Gasteiger charge is -2.23. The first-order valence-electron chi connectivity index (χ1n) is 6.30. The molecule has 1 aromatic heterocycles. The van der Waals surface area contributed by atoms with Gasteiger partial charge in [0.2, 0.25) is 0 Å². The van der Waals surface area contributed by atoms with Crippen LogP contribution < -0.4 is 5.73 Å². The van der Waals surface area contributed by atoms with E-state index in [0.717, 1.165) is 18.9 Å². The highest BCUT2D eigenvalue weighted by Crippen LogP contribution is 2.27. The van der Waals surface area contributed by atoms with Gasteiger partial charge in [0.05, 0.1) is 17.4 Å². The zero-order chi connectivity index (χ0) is 14.0. The number of hydrogen-bond donors (Lipinski definition) is 2. The van der Waals surface area contributed by atoms with Gasteiger partial charge in [-0.3, -0.25) is 0 Å². The molecule has 0 unspecified atom stereocenters. The van der Waals surface area contributed by atoms with Crippen LogP contribution >= 0.6 is 0 Å². The first-order valence-corrected chi connectivity index (χ1v) is 6.30. The number of rotatable bonds is 4. The fourth-order valence-corrected chi connectivity index (χ4v) is 2.00. The molecule has 0 aliphatic heterocycles. The lowest BCUT2D eigenvalue weighted by Crippen LogP contribution is -2.36. The fourth-order valence-electron chi connectivity index (χ4n) is 2.00. The molecule has 2 aromatic rings. The number of nitrogens with one attached hydrogen (secondary N) is 1. The van der Waals surface area contributed by atoms with Crippen LogP contribution in [0, 0.1) is 11.6 Å². The third kappa shape index (κ3) is 2.51. The van der Waals surface area contributed by atoms with E-state index in [9.17, 15) is 8.78 Å². The van der Waals surface area contributed by atoms with Crippen molar-refractivity contribution in [3.8, 4) is 11.3 Å². The molecule has 102 valence electrons. The van der Waals surface area contributed by atoms with Crippen LogP contribution in [0.5, 0.6) is 0 Å². The van der Waals surface area contributed by atoms with Crippen molar-refractivity contribution < 1.29 is 8.78 Å². The second-order valence-electron chi connectivity index (χ2n) is 4.63. The topological polar surface area (TPSA) is 54.7 Å². The molecule has 5 heteroatoms. The number of H-pyrrole nitrogens is 1. The van der Waals surface area contributed by atoms with E-state index in [2.05, 4.69) is 9.97 Å². The highest BCUT2D eigenvalue weighted by molar-refractivity contribution is 5.59. The van der Waals surface area contributed by atoms with Crippen LogP contribution in [0.4, 0.5) is 8.78 Å². The van der Waals surface area contributed by atoms with Crippen molar-refractivity contribution in [3.63, 3.8) is 0 Å². The van der Waals surface area contributed by atoms with Crippen LogP contribution in [0.25, 0.3) is 11.3 Å². The Morgan fingerprint density at radius 3 is 2.53 bits per heavy atom. The maximum atomic E-state index is 13.7. The summed E-state index contributed by atoms with van der Waals surface area (Å²) in [5, 5.41) is 0. The Morgan fingerprint density at radius 2 is 1.95 bits per heavy atom. The van der Waals surface area contributed by atoms with Crippen molar-refractivity contribution in [2.75, 3.05) is 0 Å². The van der Waals surface area contributed by atoms with Gasteiger partial charge in [0.1, 0.15) is 17.5 Å². The standard InChI is InChI=1S/C14H17F2N3/c1-3-14(17,4-2)13-18-8-12(19-13)10-6-5-9(15)7-11(10)16/h5-8H,3-4,17H2,1-2H3,(H,18,19). The van der Waals surface area contributed by atoms with Crippen LogP contribution in [0.15, 0.2) is 24.4 Å². The maximum absolute atomic E-state index is 13.7. The van der Waals surface area contributed by atoms with Crippen molar-refractivity contribution >= 4 is 0 Å². The lowest BCUT2D eigenvalue weighted by molar-refractivity contribution is 0.391. The fraction of sp³-hybridized carbons (Fsp3) is 0.357. The predicted molar refractivity (Wildman–Crippen MR) is 70.4 cm³/mol. The zero-order valence-electron chi connectivity index (χ0n) is 11.0. The van der Waals surface area contributed by atoms with E-state index < -0.39 is 17.2 Å². The van der Waals surface area contributed by atoms with Crippen molar-refractivity contribution in [2.24, 2.45) is 5.73 Å². The Kier molecular flexibility index (Phi) is 3.66. The summed E-state index contributed by atoms with van der Waals surface area (Å²) >= 11 is 0. The summed E-state index contributed by atoms with van der Waals surface area (Å²) in [6.45, 7) is 3.95. The molecule has 0 atom stereocenters. The summed E-state index contributed by atoms with van der Waals surface area (Å²) < 4.78 is 26.6. The van der Waals surface area contributed by atoms with Gasteiger partial charge in [-0.15, -0.1) is 0 Å². The molecular formula is C14H17F2N3. The maximum Gasteiger partial charge on any atom is 0.135 e. The van der Waals surface area contributed by atoms with Crippen molar-refractivity contribution in [1.29, 1.82) is 0 Å². The summed E-state index contributed by atoms with van der Waals surface area (Å²) in [7, 11) is 0. The number of halogens is 2. The lowest BCUT2D eigenvalue weighted by atomic mass is 9.93. The molecule has 0 saturated carbocycles. The number of hydrogen-bond acceptors (Lipinski definition) is 2. The summed E-state index contributed by atoms with van der Waals surface area (Å²) in [5.41, 5.74) is 6.47. The Morgan fingerprint density at radius 1 is 1.26 bits per heavy atom. The molecule has 0 radical (unpaired) electrons. The van der Waals surface area contributed by atoms with E-state index in [4.69, 9.17) is 5.73 Å². The molecule has 0 aliphatic carbocycles. The Labute approximate surface area is 110 Å². The minimum atomic E-state index is -0.620. The quantitative estimate of drug-likeness (QED) is 0.891. The molecule has 0 saturated heterocycles. The van der Waals surface area contributed by atoms with Gasteiger partial charge in [0.15, 0.2) is 0 Å². The Balaban J connectivity index is 2.41. The number of aromatic nitrogens is 2. The molecule has 3 N–H and O–H groups in total. The number of aromatic amines is 1. The van der Waals surface area contributed by atoms with Gasteiger partial charge in [0.25, 0.3) is 0 Å². The predicted octanol–water partition coefficient (Wildman–Crippen LogP) is 3.33. The minimum absolute atomic E-state index is 0.287. The van der Waals surface area contributed by atoms with Gasteiger partial charge in [-0.05, 0) is 25.0 Å². The van der Waals surface area contributed by atoms with E-state index in [1.165, 1.54) is 18.3 Å². The van der Waals surface area contributed by atoms with E-state index in [1.807, 2.05) is 13.8 Å². The van der Waals surface area contributed by atoms with E-state index >= 15 is 0 Å². The average Bonchev–Trinajstić information content (AvgIpc) is 2.88. The van der Waals surface area contributed by atoms with Gasteiger partial charge < -0.3 is 10.7 Å². The van der Waals surface area contributed by atoms with Crippen LogP contribution in [0.3, 0.4) is 0 Å². The van der Waals surface area contributed by atoms with Crippen molar-refractivity contribution in [2.45, 2.75) is 32.2 Å². The van der Waals surface area contributed by atoms with Crippen molar-refractivity contribution in [3.05, 3.63) is 41.9 Å². The normalized spacial score (nSPS) is 11.8. The summed E-state index contributed by atoms with van der Waals surface area (Å²) in [6, 6.07) is 3.46. The summed E-state index contributed by atoms with van der Waals surface area (Å²) in [6.07, 6.45) is 2.98. The van der Waals surface area contributed by atoms with Gasteiger partial charge in [0, 0.05) is 11.6 Å². The number of nitrogens with zero attached hydrogens (tertiary/aromatic N) is 1. The molecule has 0 spiro atoms. The molecule has 1 heterocycles. The molecule has 1 aromatic carbocycles. The molecule has 0 aliphatic rings. The molecule has 2 rings (SSSR count). The molecule has 19 heavy (non-hydrogen) atoms. The molecule has 0 bridgehead atoms. The van der Waals surface area contributed by atoms with Crippen LogP contribution in [0.1, 0.15) is 32.5 Å². The monoisotopic (exact) mass is 265 g/mol. The number of imidazole rings is 1. The summed E-state index contributed by atoms with van der Waals surface area (Å²) in [4.78, 5) is 7.26. The highest BCUT2D eigenvalue weighted by Gasteiger charge is 2.26. The van der Waals surface area contributed by atoms with E-state index in [-0.39, 0.29) is 5.56 Å². The largest absolute Gasteiger partial charge is 0.340 e. The zero-order valence-corrected chi connectivity index (χ0v) is 11.0. The first-order chi connectivity index (χ1) is 9.00. The average molecular weight is 265 g/mol. The SMILES string of the molecule is CCC(N)(CC)c1ncc(-c2ccc(F)cc2F)[nH]1. The first kappa shape index (κ1) is 13.7.